The zero-order valence-corrected chi connectivity index (χ0v) is 9.66. The van der Waals surface area contributed by atoms with Gasteiger partial charge in [-0.15, -0.1) is 0 Å². The van der Waals surface area contributed by atoms with Gasteiger partial charge in [-0.05, 0) is 19.1 Å². The van der Waals surface area contributed by atoms with Gasteiger partial charge in [-0.1, -0.05) is 0 Å². The monoisotopic (exact) mass is 252 g/mol. The van der Waals surface area contributed by atoms with Crippen molar-refractivity contribution in [1.29, 1.82) is 0 Å². The average Bonchev–Trinajstić information content (AvgIpc) is 2.27. The molecule has 2 N–H and O–H groups in total. The van der Waals surface area contributed by atoms with Crippen LogP contribution in [-0.2, 0) is 9.59 Å². The molecule has 0 bridgehead atoms. The molecule has 1 amide bonds. The van der Waals surface area contributed by atoms with Gasteiger partial charge in [0, 0.05) is 11.9 Å². The number of hydrogen-bond donors (Lipinski definition) is 2. The summed E-state index contributed by atoms with van der Waals surface area (Å²) in [5, 5.41) is 17.3. The summed E-state index contributed by atoms with van der Waals surface area (Å²) in [7, 11) is 0. The van der Waals surface area contributed by atoms with Gasteiger partial charge < -0.3 is 15.1 Å². The van der Waals surface area contributed by atoms with Crippen molar-refractivity contribution >= 4 is 17.8 Å². The van der Waals surface area contributed by atoms with Crippen molar-refractivity contribution in [2.24, 2.45) is 0 Å². The SMILES string of the molecule is Cc1ccc(C(=O)N(CC(=O)O)CC(=O)O)cn1. The Morgan fingerprint density at radius 2 is 1.72 bits per heavy atom. The van der Waals surface area contributed by atoms with E-state index in [9.17, 15) is 14.4 Å². The number of carboxylic acids is 2. The first-order chi connectivity index (χ1) is 8.40. The van der Waals surface area contributed by atoms with Crippen LogP contribution in [0.5, 0.6) is 0 Å². The van der Waals surface area contributed by atoms with Gasteiger partial charge in [-0.25, -0.2) is 0 Å². The predicted molar refractivity (Wildman–Crippen MR) is 60.1 cm³/mol. The second kappa shape index (κ2) is 5.76. The Hall–Kier alpha value is -2.44. The van der Waals surface area contributed by atoms with Gasteiger partial charge in [0.05, 0.1) is 5.56 Å². The molecule has 18 heavy (non-hydrogen) atoms. The number of carbonyl (C=O) groups excluding carboxylic acids is 1. The first kappa shape index (κ1) is 13.6. The van der Waals surface area contributed by atoms with Crippen LogP contribution in [-0.4, -0.2) is 51.0 Å². The van der Waals surface area contributed by atoms with E-state index in [1.807, 2.05) is 0 Å². The van der Waals surface area contributed by atoms with Crippen molar-refractivity contribution in [3.63, 3.8) is 0 Å². The van der Waals surface area contributed by atoms with Gasteiger partial charge in [0.15, 0.2) is 0 Å². The van der Waals surface area contributed by atoms with Crippen LogP contribution in [0.15, 0.2) is 18.3 Å². The fourth-order valence-electron chi connectivity index (χ4n) is 1.30. The summed E-state index contributed by atoms with van der Waals surface area (Å²) in [6, 6.07) is 3.06. The molecule has 7 nitrogen and oxygen atoms in total. The Labute approximate surface area is 103 Å². The van der Waals surface area contributed by atoms with Crippen molar-refractivity contribution in [1.82, 2.24) is 9.88 Å². The molecule has 0 unspecified atom stereocenters. The van der Waals surface area contributed by atoms with E-state index in [1.165, 1.54) is 12.3 Å². The highest BCUT2D eigenvalue weighted by atomic mass is 16.4. The number of rotatable bonds is 5. The highest BCUT2D eigenvalue weighted by molar-refractivity contribution is 5.97. The molecule has 0 radical (unpaired) electrons. The van der Waals surface area contributed by atoms with Crippen LogP contribution in [0.25, 0.3) is 0 Å². The average molecular weight is 252 g/mol. The number of hydrogen-bond acceptors (Lipinski definition) is 4. The fraction of sp³-hybridized carbons (Fsp3) is 0.273. The Kier molecular flexibility index (Phi) is 4.36. The normalized spacial score (nSPS) is 9.83. The Morgan fingerprint density at radius 3 is 2.11 bits per heavy atom. The minimum atomic E-state index is -1.27. The molecule has 1 heterocycles. The standard InChI is InChI=1S/C11H12N2O5/c1-7-2-3-8(4-12-7)11(18)13(5-9(14)15)6-10(16)17/h2-4H,5-6H2,1H3,(H,14,15)(H,16,17). The van der Waals surface area contributed by atoms with Crippen molar-refractivity contribution < 1.29 is 24.6 Å². The Bertz CT molecular complexity index is 453. The van der Waals surface area contributed by atoms with Crippen molar-refractivity contribution in [2.75, 3.05) is 13.1 Å². The van der Waals surface area contributed by atoms with E-state index in [-0.39, 0.29) is 5.56 Å². The molecule has 0 aliphatic rings. The minimum absolute atomic E-state index is 0.156. The third kappa shape index (κ3) is 3.85. The number of aliphatic carboxylic acids is 2. The number of aryl methyl sites for hydroxylation is 1. The second-order valence-corrected chi connectivity index (χ2v) is 3.64. The van der Waals surface area contributed by atoms with Crippen LogP contribution in [0.1, 0.15) is 16.1 Å². The van der Waals surface area contributed by atoms with Gasteiger partial charge >= 0.3 is 11.9 Å². The van der Waals surface area contributed by atoms with E-state index in [2.05, 4.69) is 4.98 Å². The third-order valence-corrected chi connectivity index (χ3v) is 2.10. The zero-order chi connectivity index (χ0) is 13.7. The lowest BCUT2D eigenvalue weighted by atomic mass is 10.2. The van der Waals surface area contributed by atoms with Crippen LogP contribution in [0.3, 0.4) is 0 Å². The van der Waals surface area contributed by atoms with Crippen LogP contribution >= 0.6 is 0 Å². The van der Waals surface area contributed by atoms with E-state index >= 15 is 0 Å². The molecule has 1 aromatic heterocycles. The van der Waals surface area contributed by atoms with E-state index < -0.39 is 30.9 Å². The first-order valence-electron chi connectivity index (χ1n) is 5.05. The number of amides is 1. The van der Waals surface area contributed by atoms with Crippen LogP contribution in [0.4, 0.5) is 0 Å². The fourth-order valence-corrected chi connectivity index (χ4v) is 1.30. The predicted octanol–water partition coefficient (Wildman–Crippen LogP) is 0.00142. The molecule has 0 fully saturated rings. The van der Waals surface area contributed by atoms with E-state index in [4.69, 9.17) is 10.2 Å². The summed E-state index contributed by atoms with van der Waals surface area (Å²) < 4.78 is 0. The maximum absolute atomic E-state index is 11.9. The molecule has 0 aliphatic carbocycles. The summed E-state index contributed by atoms with van der Waals surface area (Å²) in [4.78, 5) is 37.7. The third-order valence-electron chi connectivity index (χ3n) is 2.10. The summed E-state index contributed by atoms with van der Waals surface area (Å²) in [6.45, 7) is 0.401. The van der Waals surface area contributed by atoms with Gasteiger partial charge in [0.2, 0.25) is 0 Å². The maximum Gasteiger partial charge on any atom is 0.323 e. The first-order valence-corrected chi connectivity index (χ1v) is 5.05. The van der Waals surface area contributed by atoms with Gasteiger partial charge in [-0.3, -0.25) is 19.4 Å². The van der Waals surface area contributed by atoms with Crippen molar-refractivity contribution in [3.8, 4) is 0 Å². The lowest BCUT2D eigenvalue weighted by Crippen LogP contribution is -2.39. The number of nitrogens with zero attached hydrogens (tertiary/aromatic N) is 2. The van der Waals surface area contributed by atoms with Gasteiger partial charge in [-0.2, -0.15) is 0 Å². The van der Waals surface area contributed by atoms with Gasteiger partial charge in [0.25, 0.3) is 5.91 Å². The summed E-state index contributed by atoms with van der Waals surface area (Å²) >= 11 is 0. The number of aromatic nitrogens is 1. The summed E-state index contributed by atoms with van der Waals surface area (Å²) in [5.74, 6) is -3.22. The van der Waals surface area contributed by atoms with E-state index in [1.54, 1.807) is 13.0 Å². The topological polar surface area (TPSA) is 108 Å². The molecule has 96 valence electrons. The largest absolute Gasteiger partial charge is 0.480 e. The molecule has 7 heteroatoms. The van der Waals surface area contributed by atoms with E-state index in [0.717, 1.165) is 4.90 Å². The molecule has 0 atom stereocenters. The van der Waals surface area contributed by atoms with Crippen molar-refractivity contribution in [3.05, 3.63) is 29.6 Å². The van der Waals surface area contributed by atoms with Crippen LogP contribution in [0, 0.1) is 6.92 Å². The molecule has 0 saturated carbocycles. The van der Waals surface area contributed by atoms with Crippen LogP contribution < -0.4 is 0 Å². The lowest BCUT2D eigenvalue weighted by Gasteiger charge is -2.18. The Balaban J connectivity index is 2.90. The molecule has 0 aromatic carbocycles. The summed E-state index contributed by atoms with van der Waals surface area (Å²) in [6.07, 6.45) is 1.29. The highest BCUT2D eigenvalue weighted by Crippen LogP contribution is 2.04. The lowest BCUT2D eigenvalue weighted by molar-refractivity contribution is -0.140. The summed E-state index contributed by atoms with van der Waals surface area (Å²) in [5.41, 5.74) is 0.859. The molecular formula is C11H12N2O5. The smallest absolute Gasteiger partial charge is 0.323 e. The minimum Gasteiger partial charge on any atom is -0.480 e. The quantitative estimate of drug-likeness (QED) is 0.763. The molecule has 0 saturated heterocycles. The van der Waals surface area contributed by atoms with Crippen molar-refractivity contribution in [2.45, 2.75) is 6.92 Å². The number of carboxylic acid groups (broad SMARTS) is 2. The van der Waals surface area contributed by atoms with Gasteiger partial charge in [0.1, 0.15) is 13.1 Å². The molecule has 0 spiro atoms. The number of pyridine rings is 1. The number of carbonyl (C=O) groups is 3. The molecular weight excluding hydrogens is 240 g/mol. The van der Waals surface area contributed by atoms with E-state index in [0.29, 0.717) is 5.69 Å². The molecule has 0 aliphatic heterocycles. The Morgan fingerprint density at radius 1 is 1.17 bits per heavy atom. The highest BCUT2D eigenvalue weighted by Gasteiger charge is 2.21. The molecule has 1 rings (SSSR count). The van der Waals surface area contributed by atoms with Crippen LogP contribution in [0.2, 0.25) is 0 Å². The molecule has 1 aromatic rings. The zero-order valence-electron chi connectivity index (χ0n) is 9.66. The maximum atomic E-state index is 11.9. The second-order valence-electron chi connectivity index (χ2n) is 3.64.